The zero-order valence-electron chi connectivity index (χ0n) is 10.4. The molecule has 0 atom stereocenters. The summed E-state index contributed by atoms with van der Waals surface area (Å²) in [6.07, 6.45) is 0. The van der Waals surface area contributed by atoms with Crippen molar-refractivity contribution in [3.63, 3.8) is 0 Å². The Labute approximate surface area is 124 Å². The van der Waals surface area contributed by atoms with Crippen molar-refractivity contribution in [2.45, 2.75) is 17.0 Å². The van der Waals surface area contributed by atoms with E-state index in [1.54, 1.807) is 34.4 Å². The van der Waals surface area contributed by atoms with Crippen LogP contribution in [0.3, 0.4) is 0 Å². The predicted molar refractivity (Wildman–Crippen MR) is 84.0 cm³/mol. The Kier molecular flexibility index (Phi) is 3.96. The minimum atomic E-state index is 0.895. The molecule has 0 amide bonds. The lowest BCUT2D eigenvalue weighted by atomic mass is 10.2. The Morgan fingerprint density at radius 3 is 2.63 bits per heavy atom. The smallest absolute Gasteiger partial charge is 0.150 e. The molecule has 19 heavy (non-hydrogen) atoms. The van der Waals surface area contributed by atoms with Crippen LogP contribution in [-0.2, 0) is 5.75 Å². The zero-order chi connectivity index (χ0) is 13.1. The summed E-state index contributed by atoms with van der Waals surface area (Å²) in [7, 11) is 0. The molecular weight excluding hydrogens is 292 g/mol. The van der Waals surface area contributed by atoms with Crippen molar-refractivity contribution in [2.75, 3.05) is 0 Å². The van der Waals surface area contributed by atoms with Crippen molar-refractivity contribution in [3.8, 4) is 11.3 Å². The first-order valence-electron chi connectivity index (χ1n) is 5.86. The van der Waals surface area contributed by atoms with Crippen LogP contribution in [0.2, 0.25) is 0 Å². The fraction of sp³-hybridized carbons (Fsp3) is 0.143. The number of thioether (sulfide) groups is 1. The first-order valence-corrected chi connectivity index (χ1v) is 8.60. The van der Waals surface area contributed by atoms with Gasteiger partial charge in [0.15, 0.2) is 4.34 Å². The molecule has 2 aromatic heterocycles. The van der Waals surface area contributed by atoms with Crippen LogP contribution >= 0.6 is 34.4 Å². The van der Waals surface area contributed by atoms with Gasteiger partial charge in [-0.2, -0.15) is 0 Å². The summed E-state index contributed by atoms with van der Waals surface area (Å²) in [4.78, 5) is 9.12. The lowest BCUT2D eigenvalue weighted by molar-refractivity contribution is 1.17. The standard InChI is InChI=1S/C14H12N2S3/c1-10-15-12(7-17-10)8-18-14-16-13(9-19-14)11-5-3-2-4-6-11/h2-7,9H,8H2,1H3. The lowest BCUT2D eigenvalue weighted by Crippen LogP contribution is -1.81. The molecule has 3 aromatic rings. The Bertz CT molecular complexity index is 658. The first kappa shape index (κ1) is 12.8. The van der Waals surface area contributed by atoms with Gasteiger partial charge in [0.1, 0.15) is 0 Å². The molecule has 1 aromatic carbocycles. The second-order valence-electron chi connectivity index (χ2n) is 4.01. The van der Waals surface area contributed by atoms with Gasteiger partial charge in [0.2, 0.25) is 0 Å². The highest BCUT2D eigenvalue weighted by atomic mass is 32.2. The highest BCUT2D eigenvalue weighted by molar-refractivity contribution is 8.00. The molecule has 0 aliphatic heterocycles. The Balaban J connectivity index is 1.68. The van der Waals surface area contributed by atoms with Crippen LogP contribution in [-0.4, -0.2) is 9.97 Å². The number of aromatic nitrogens is 2. The van der Waals surface area contributed by atoms with Crippen LogP contribution in [0.5, 0.6) is 0 Å². The number of hydrogen-bond donors (Lipinski definition) is 0. The van der Waals surface area contributed by atoms with Crippen LogP contribution < -0.4 is 0 Å². The van der Waals surface area contributed by atoms with Crippen molar-refractivity contribution in [1.29, 1.82) is 0 Å². The van der Waals surface area contributed by atoms with E-state index in [1.165, 1.54) is 5.56 Å². The first-order chi connectivity index (χ1) is 9.31. The van der Waals surface area contributed by atoms with Gasteiger partial charge in [-0.15, -0.1) is 22.7 Å². The summed E-state index contributed by atoms with van der Waals surface area (Å²) in [6, 6.07) is 10.3. The Hall–Kier alpha value is -1.17. The number of thiazole rings is 2. The quantitative estimate of drug-likeness (QED) is 0.643. The second-order valence-corrected chi connectivity index (χ2v) is 7.15. The Morgan fingerprint density at radius 1 is 1.05 bits per heavy atom. The summed E-state index contributed by atoms with van der Waals surface area (Å²) < 4.78 is 1.10. The van der Waals surface area contributed by atoms with E-state index in [-0.39, 0.29) is 0 Å². The summed E-state index contributed by atoms with van der Waals surface area (Å²) in [5.41, 5.74) is 3.38. The number of nitrogens with zero attached hydrogens (tertiary/aromatic N) is 2. The van der Waals surface area contributed by atoms with E-state index in [0.29, 0.717) is 0 Å². The van der Waals surface area contributed by atoms with Gasteiger partial charge in [-0.25, -0.2) is 9.97 Å². The van der Waals surface area contributed by atoms with E-state index >= 15 is 0 Å². The lowest BCUT2D eigenvalue weighted by Gasteiger charge is -1.95. The third-order valence-electron chi connectivity index (χ3n) is 2.56. The third kappa shape index (κ3) is 3.23. The van der Waals surface area contributed by atoms with Gasteiger partial charge in [0.25, 0.3) is 0 Å². The van der Waals surface area contributed by atoms with Crippen LogP contribution in [0.1, 0.15) is 10.7 Å². The summed E-state index contributed by atoms with van der Waals surface area (Å²) in [5, 5.41) is 5.36. The maximum atomic E-state index is 4.66. The molecule has 0 unspecified atom stereocenters. The van der Waals surface area contributed by atoms with Crippen molar-refractivity contribution in [1.82, 2.24) is 9.97 Å². The highest BCUT2D eigenvalue weighted by Crippen LogP contribution is 2.30. The van der Waals surface area contributed by atoms with Crippen molar-refractivity contribution in [3.05, 3.63) is 51.8 Å². The molecule has 0 aliphatic carbocycles. The van der Waals surface area contributed by atoms with Gasteiger partial charge < -0.3 is 0 Å². The minimum Gasteiger partial charge on any atom is -0.246 e. The summed E-state index contributed by atoms with van der Waals surface area (Å²) in [5.74, 6) is 0.895. The van der Waals surface area contributed by atoms with E-state index < -0.39 is 0 Å². The maximum absolute atomic E-state index is 4.66. The van der Waals surface area contributed by atoms with Gasteiger partial charge in [0, 0.05) is 22.1 Å². The maximum Gasteiger partial charge on any atom is 0.150 e. The van der Waals surface area contributed by atoms with Crippen LogP contribution in [0.25, 0.3) is 11.3 Å². The topological polar surface area (TPSA) is 25.8 Å². The van der Waals surface area contributed by atoms with Gasteiger partial charge in [-0.3, -0.25) is 0 Å². The molecule has 96 valence electrons. The van der Waals surface area contributed by atoms with E-state index in [9.17, 15) is 0 Å². The van der Waals surface area contributed by atoms with Gasteiger partial charge >= 0.3 is 0 Å². The van der Waals surface area contributed by atoms with Gasteiger partial charge in [0.05, 0.1) is 16.4 Å². The molecule has 0 spiro atoms. The summed E-state index contributed by atoms with van der Waals surface area (Å²) >= 11 is 5.15. The number of benzene rings is 1. The molecule has 2 nitrogen and oxygen atoms in total. The van der Waals surface area contributed by atoms with Gasteiger partial charge in [-0.05, 0) is 6.92 Å². The van der Waals surface area contributed by atoms with Gasteiger partial charge in [-0.1, -0.05) is 42.1 Å². The molecule has 0 saturated heterocycles. The second kappa shape index (κ2) is 5.86. The van der Waals surface area contributed by atoms with Crippen LogP contribution in [0.4, 0.5) is 0 Å². The van der Waals surface area contributed by atoms with E-state index in [4.69, 9.17) is 0 Å². The normalized spacial score (nSPS) is 10.8. The van der Waals surface area contributed by atoms with E-state index in [1.807, 2.05) is 25.1 Å². The molecule has 0 fully saturated rings. The van der Waals surface area contributed by atoms with Crippen molar-refractivity contribution in [2.24, 2.45) is 0 Å². The van der Waals surface area contributed by atoms with Crippen molar-refractivity contribution >= 4 is 34.4 Å². The van der Waals surface area contributed by atoms with E-state index in [2.05, 4.69) is 32.9 Å². The molecule has 5 heteroatoms. The molecule has 0 radical (unpaired) electrons. The molecule has 0 bridgehead atoms. The molecule has 0 saturated carbocycles. The number of rotatable bonds is 4. The average molecular weight is 304 g/mol. The largest absolute Gasteiger partial charge is 0.246 e. The molecule has 3 rings (SSSR count). The SMILES string of the molecule is Cc1nc(CSc2nc(-c3ccccc3)cs2)cs1. The molecule has 0 N–H and O–H groups in total. The highest BCUT2D eigenvalue weighted by Gasteiger charge is 2.06. The van der Waals surface area contributed by atoms with Crippen molar-refractivity contribution < 1.29 is 0 Å². The zero-order valence-corrected chi connectivity index (χ0v) is 12.8. The van der Waals surface area contributed by atoms with Crippen LogP contribution in [0.15, 0.2) is 45.4 Å². The third-order valence-corrected chi connectivity index (χ3v) is 5.44. The predicted octanol–water partition coefficient (Wildman–Crippen LogP) is 4.87. The van der Waals surface area contributed by atoms with E-state index in [0.717, 1.165) is 26.5 Å². The molecular formula is C14H12N2S3. The number of hydrogen-bond acceptors (Lipinski definition) is 5. The fourth-order valence-electron chi connectivity index (χ4n) is 1.68. The molecule has 2 heterocycles. The molecule has 0 aliphatic rings. The van der Waals surface area contributed by atoms with Crippen LogP contribution in [0, 0.1) is 6.92 Å². The Morgan fingerprint density at radius 2 is 1.89 bits per heavy atom. The minimum absolute atomic E-state index is 0.895. The average Bonchev–Trinajstić information content (AvgIpc) is 3.06. The fourth-order valence-corrected chi connectivity index (χ4v) is 4.12. The summed E-state index contributed by atoms with van der Waals surface area (Å²) in [6.45, 7) is 2.04. The monoisotopic (exact) mass is 304 g/mol. The number of aryl methyl sites for hydroxylation is 1.